The number of carbonyl (C=O) groups excluding carboxylic acids is 2. The minimum absolute atomic E-state index is 0.00282. The molecule has 1 heterocycles. The average Bonchev–Trinajstić information content (AvgIpc) is 3.04. The van der Waals surface area contributed by atoms with Gasteiger partial charge in [0.1, 0.15) is 0 Å². The molecular weight excluding hydrogens is 236 g/mol. The molecule has 2 aliphatic rings. The summed E-state index contributed by atoms with van der Waals surface area (Å²) < 4.78 is 0.0936. The number of amides is 2. The lowest BCUT2D eigenvalue weighted by Gasteiger charge is -2.24. The van der Waals surface area contributed by atoms with Crippen molar-refractivity contribution in [3.05, 3.63) is 0 Å². The van der Waals surface area contributed by atoms with E-state index in [-0.39, 0.29) is 28.6 Å². The summed E-state index contributed by atoms with van der Waals surface area (Å²) in [6.45, 7) is 5.01. The van der Waals surface area contributed by atoms with Crippen LogP contribution in [0.2, 0.25) is 0 Å². The lowest BCUT2D eigenvalue weighted by Crippen LogP contribution is -2.44. The Labute approximate surface area is 106 Å². The second kappa shape index (κ2) is 4.61. The van der Waals surface area contributed by atoms with Crippen LogP contribution in [0.4, 0.5) is 0 Å². The number of rotatable bonds is 5. The lowest BCUT2D eigenvalue weighted by molar-refractivity contribution is -0.139. The molecule has 0 aromatic heterocycles. The van der Waals surface area contributed by atoms with Crippen LogP contribution in [0.5, 0.6) is 0 Å². The van der Waals surface area contributed by atoms with E-state index >= 15 is 0 Å². The number of imide groups is 1. The molecule has 2 fully saturated rings. The molecule has 1 saturated carbocycles. The molecule has 1 unspecified atom stereocenters. The Morgan fingerprint density at radius 3 is 2.59 bits per heavy atom. The topological polar surface area (TPSA) is 49.4 Å². The number of hydrogen-bond donors (Lipinski definition) is 1. The molecule has 0 aromatic rings. The van der Waals surface area contributed by atoms with Crippen molar-refractivity contribution in [2.45, 2.75) is 49.9 Å². The van der Waals surface area contributed by atoms with Crippen LogP contribution in [0.3, 0.4) is 0 Å². The van der Waals surface area contributed by atoms with Crippen molar-refractivity contribution >= 4 is 23.6 Å². The van der Waals surface area contributed by atoms with E-state index < -0.39 is 0 Å². The predicted molar refractivity (Wildman–Crippen MR) is 68.9 cm³/mol. The zero-order valence-corrected chi connectivity index (χ0v) is 11.5. The van der Waals surface area contributed by atoms with E-state index in [4.69, 9.17) is 0 Å². The summed E-state index contributed by atoms with van der Waals surface area (Å²) in [6.07, 6.45) is 4.36. The monoisotopic (exact) mass is 256 g/mol. The normalized spacial score (nSPS) is 25.8. The number of nitrogens with one attached hydrogen (secondary N) is 1. The third-order valence-corrected chi connectivity index (χ3v) is 4.67. The maximum Gasteiger partial charge on any atom is 0.247 e. The first-order chi connectivity index (χ1) is 7.94. The molecule has 0 aromatic carbocycles. The SMILES string of the molecule is CSC(C)(C)CNC1CC(=O)N(C2CC2)C1=O. The van der Waals surface area contributed by atoms with Crippen molar-refractivity contribution in [1.82, 2.24) is 10.2 Å². The van der Waals surface area contributed by atoms with Crippen LogP contribution in [0, 0.1) is 0 Å². The number of thioether (sulfide) groups is 1. The van der Waals surface area contributed by atoms with E-state index in [0.717, 1.165) is 19.4 Å². The Morgan fingerprint density at radius 1 is 1.41 bits per heavy atom. The van der Waals surface area contributed by atoms with Gasteiger partial charge in [0.15, 0.2) is 0 Å². The summed E-state index contributed by atoms with van der Waals surface area (Å²) in [4.78, 5) is 25.2. The van der Waals surface area contributed by atoms with Gasteiger partial charge in [-0.15, -0.1) is 0 Å². The van der Waals surface area contributed by atoms with E-state index in [1.54, 1.807) is 11.8 Å². The van der Waals surface area contributed by atoms with Crippen LogP contribution in [0.1, 0.15) is 33.1 Å². The molecule has 1 aliphatic heterocycles. The van der Waals surface area contributed by atoms with Gasteiger partial charge >= 0.3 is 0 Å². The van der Waals surface area contributed by atoms with Gasteiger partial charge in [0.05, 0.1) is 12.5 Å². The van der Waals surface area contributed by atoms with Gasteiger partial charge in [-0.25, -0.2) is 0 Å². The summed E-state index contributed by atoms with van der Waals surface area (Å²) in [6, 6.07) is -0.0927. The molecule has 0 bridgehead atoms. The molecule has 1 saturated heterocycles. The molecule has 4 nitrogen and oxygen atoms in total. The third-order valence-electron chi connectivity index (χ3n) is 3.42. The van der Waals surface area contributed by atoms with Crippen molar-refractivity contribution in [3.8, 4) is 0 Å². The van der Waals surface area contributed by atoms with E-state index in [0.29, 0.717) is 6.42 Å². The van der Waals surface area contributed by atoms with E-state index in [1.165, 1.54) is 4.90 Å². The average molecular weight is 256 g/mol. The molecule has 5 heteroatoms. The fourth-order valence-electron chi connectivity index (χ4n) is 1.97. The van der Waals surface area contributed by atoms with Gasteiger partial charge in [0, 0.05) is 17.3 Å². The molecule has 0 spiro atoms. The summed E-state index contributed by atoms with van der Waals surface area (Å²) in [5, 5.41) is 3.23. The van der Waals surface area contributed by atoms with Gasteiger partial charge in [0.25, 0.3) is 0 Å². The summed E-state index contributed by atoms with van der Waals surface area (Å²) >= 11 is 1.76. The third kappa shape index (κ3) is 2.83. The van der Waals surface area contributed by atoms with E-state index in [2.05, 4.69) is 25.4 Å². The molecule has 96 valence electrons. The first-order valence-electron chi connectivity index (χ1n) is 6.09. The highest BCUT2D eigenvalue weighted by atomic mass is 32.2. The standard InChI is InChI=1S/C12H20N2O2S/c1-12(2,17-3)7-13-9-6-10(15)14(11(9)16)8-4-5-8/h8-9,13H,4-7H2,1-3H3. The van der Waals surface area contributed by atoms with Gasteiger partial charge < -0.3 is 5.32 Å². The molecule has 1 atom stereocenters. The highest BCUT2D eigenvalue weighted by Crippen LogP contribution is 2.31. The van der Waals surface area contributed by atoms with Crippen LogP contribution in [0.25, 0.3) is 0 Å². The van der Waals surface area contributed by atoms with Gasteiger partial charge in [-0.3, -0.25) is 14.5 Å². The molecular formula is C12H20N2O2S. The van der Waals surface area contributed by atoms with Gasteiger partial charge in [-0.2, -0.15) is 11.8 Å². The molecule has 1 N–H and O–H groups in total. The Bertz CT molecular complexity index is 339. The Kier molecular flexibility index (Phi) is 3.50. The smallest absolute Gasteiger partial charge is 0.247 e. The first-order valence-corrected chi connectivity index (χ1v) is 7.31. The Morgan fingerprint density at radius 2 is 2.06 bits per heavy atom. The number of likely N-dealkylation sites (tertiary alicyclic amines) is 1. The van der Waals surface area contributed by atoms with Crippen LogP contribution < -0.4 is 5.32 Å². The van der Waals surface area contributed by atoms with Gasteiger partial charge in [-0.1, -0.05) is 0 Å². The molecule has 0 radical (unpaired) electrons. The number of nitrogens with zero attached hydrogens (tertiary/aromatic N) is 1. The molecule has 2 amide bonds. The Hall–Kier alpha value is -0.550. The van der Waals surface area contributed by atoms with Crippen molar-refractivity contribution in [2.24, 2.45) is 0 Å². The highest BCUT2D eigenvalue weighted by Gasteiger charge is 2.46. The largest absolute Gasteiger partial charge is 0.304 e. The first kappa shape index (κ1) is 12.9. The van der Waals surface area contributed by atoms with Crippen molar-refractivity contribution in [3.63, 3.8) is 0 Å². The molecule has 17 heavy (non-hydrogen) atoms. The second-order valence-corrected chi connectivity index (χ2v) is 6.95. The number of carbonyl (C=O) groups is 2. The maximum absolute atomic E-state index is 12.0. The second-order valence-electron chi connectivity index (χ2n) is 5.43. The molecule has 1 aliphatic carbocycles. The number of hydrogen-bond acceptors (Lipinski definition) is 4. The van der Waals surface area contributed by atoms with Crippen LogP contribution >= 0.6 is 11.8 Å². The van der Waals surface area contributed by atoms with Crippen molar-refractivity contribution in [1.29, 1.82) is 0 Å². The fraction of sp³-hybridized carbons (Fsp3) is 0.833. The summed E-state index contributed by atoms with van der Waals surface area (Å²) in [5.74, 6) is -0.0219. The van der Waals surface area contributed by atoms with Crippen LogP contribution in [-0.4, -0.2) is 46.3 Å². The fourth-order valence-corrected chi connectivity index (χ4v) is 2.20. The summed E-state index contributed by atoms with van der Waals surface area (Å²) in [5.41, 5.74) is 0. The van der Waals surface area contributed by atoms with Crippen LogP contribution in [0.15, 0.2) is 0 Å². The quantitative estimate of drug-likeness (QED) is 0.746. The minimum Gasteiger partial charge on any atom is -0.304 e. The summed E-state index contributed by atoms with van der Waals surface area (Å²) in [7, 11) is 0. The Balaban J connectivity index is 1.90. The lowest BCUT2D eigenvalue weighted by atomic mass is 10.1. The van der Waals surface area contributed by atoms with E-state index in [9.17, 15) is 9.59 Å². The maximum atomic E-state index is 12.0. The molecule has 2 rings (SSSR count). The van der Waals surface area contributed by atoms with Crippen molar-refractivity contribution in [2.75, 3.05) is 12.8 Å². The van der Waals surface area contributed by atoms with E-state index in [1.807, 2.05) is 0 Å². The highest BCUT2D eigenvalue weighted by molar-refractivity contribution is 7.99. The van der Waals surface area contributed by atoms with Crippen molar-refractivity contribution < 1.29 is 9.59 Å². The van der Waals surface area contributed by atoms with Gasteiger partial charge in [-0.05, 0) is 32.9 Å². The zero-order valence-electron chi connectivity index (χ0n) is 10.7. The predicted octanol–water partition coefficient (Wildman–Crippen LogP) is 1.01. The zero-order chi connectivity index (χ0) is 12.6. The van der Waals surface area contributed by atoms with Gasteiger partial charge in [0.2, 0.25) is 11.8 Å². The van der Waals surface area contributed by atoms with Crippen LogP contribution in [-0.2, 0) is 9.59 Å². The minimum atomic E-state index is -0.297.